The van der Waals surface area contributed by atoms with Crippen LogP contribution in [0.3, 0.4) is 0 Å². The molecule has 0 spiro atoms. The van der Waals surface area contributed by atoms with Crippen LogP contribution in [0.4, 0.5) is 0 Å². The Bertz CT molecular complexity index is 775. The molecule has 2 aromatic rings. The van der Waals surface area contributed by atoms with Crippen LogP contribution in [-0.4, -0.2) is 25.3 Å². The van der Waals surface area contributed by atoms with E-state index in [1.165, 1.54) is 0 Å². The first-order valence-electron chi connectivity index (χ1n) is 7.94. The monoisotopic (exact) mass is 404 g/mol. The van der Waals surface area contributed by atoms with Gasteiger partial charge in [-0.25, -0.2) is 5.43 Å². The topological polar surface area (TPSA) is 59.9 Å². The van der Waals surface area contributed by atoms with Gasteiger partial charge in [-0.1, -0.05) is 28.1 Å². The third-order valence-corrected chi connectivity index (χ3v) is 3.86. The molecule has 0 atom stereocenters. The molecule has 0 saturated heterocycles. The second-order valence-corrected chi connectivity index (χ2v) is 6.38. The maximum absolute atomic E-state index is 11.9. The van der Waals surface area contributed by atoms with Gasteiger partial charge in [0.2, 0.25) is 0 Å². The maximum Gasteiger partial charge on any atom is 0.277 e. The van der Waals surface area contributed by atoms with E-state index in [1.807, 2.05) is 57.2 Å². The first-order chi connectivity index (χ1) is 12.0. The first-order valence-corrected chi connectivity index (χ1v) is 8.73. The zero-order chi connectivity index (χ0) is 18.2. The molecule has 0 aliphatic heterocycles. The molecule has 1 N–H and O–H groups in total. The van der Waals surface area contributed by atoms with Crippen molar-refractivity contribution in [2.45, 2.75) is 20.8 Å². The van der Waals surface area contributed by atoms with E-state index in [0.717, 1.165) is 21.2 Å². The predicted octanol–water partition coefficient (Wildman–Crippen LogP) is 3.99. The quantitative estimate of drug-likeness (QED) is 0.560. The van der Waals surface area contributed by atoms with Gasteiger partial charge in [-0.15, -0.1) is 0 Å². The number of amides is 1. The second kappa shape index (κ2) is 9.22. The fourth-order valence-electron chi connectivity index (χ4n) is 2.12. The zero-order valence-corrected chi connectivity index (χ0v) is 16.1. The molecular weight excluding hydrogens is 384 g/mol. The van der Waals surface area contributed by atoms with Crippen LogP contribution in [0.15, 0.2) is 46.0 Å². The van der Waals surface area contributed by atoms with Crippen LogP contribution >= 0.6 is 15.9 Å². The summed E-state index contributed by atoms with van der Waals surface area (Å²) in [6.45, 7) is 6.28. The molecule has 0 aliphatic carbocycles. The van der Waals surface area contributed by atoms with Crippen LogP contribution < -0.4 is 14.9 Å². The fraction of sp³-hybridized carbons (Fsp3) is 0.263. The van der Waals surface area contributed by atoms with Crippen LogP contribution in [-0.2, 0) is 4.79 Å². The highest BCUT2D eigenvalue weighted by molar-refractivity contribution is 9.10. The Morgan fingerprint density at radius 3 is 2.72 bits per heavy atom. The number of nitrogens with zero attached hydrogens (tertiary/aromatic N) is 1. The molecule has 0 radical (unpaired) electrons. The summed E-state index contributed by atoms with van der Waals surface area (Å²) in [5, 5.41) is 3.97. The summed E-state index contributed by atoms with van der Waals surface area (Å²) in [6, 6.07) is 11.5. The van der Waals surface area contributed by atoms with Crippen LogP contribution in [0.1, 0.15) is 23.6 Å². The average molecular weight is 405 g/mol. The number of hydrogen-bond acceptors (Lipinski definition) is 4. The van der Waals surface area contributed by atoms with Gasteiger partial charge in [-0.2, -0.15) is 5.10 Å². The minimum Gasteiger partial charge on any atom is -0.493 e. The number of nitrogens with one attached hydrogen (secondary N) is 1. The minimum atomic E-state index is -0.329. The molecule has 5 nitrogen and oxygen atoms in total. The lowest BCUT2D eigenvalue weighted by atomic mass is 10.1. The minimum absolute atomic E-state index is 0.0988. The third-order valence-electron chi connectivity index (χ3n) is 3.37. The summed E-state index contributed by atoms with van der Waals surface area (Å²) in [6.07, 6.45) is 1.55. The standard InChI is InChI=1S/C19H21BrN2O3/c1-4-24-17-8-7-16(20)10-15(17)11-21-22-19(23)12-25-18-9-13(2)5-6-14(18)3/h5-11H,4,12H2,1-3H3,(H,22,23). The molecule has 132 valence electrons. The van der Waals surface area contributed by atoms with Crippen LogP contribution in [0.2, 0.25) is 0 Å². The van der Waals surface area contributed by atoms with E-state index in [0.29, 0.717) is 18.1 Å². The van der Waals surface area contributed by atoms with Gasteiger partial charge < -0.3 is 9.47 Å². The number of aryl methyl sites for hydroxylation is 2. The number of rotatable bonds is 7. The smallest absolute Gasteiger partial charge is 0.277 e. The Kier molecular flexibility index (Phi) is 7.01. The van der Waals surface area contributed by atoms with Gasteiger partial charge in [0.05, 0.1) is 12.8 Å². The fourth-order valence-corrected chi connectivity index (χ4v) is 2.50. The number of hydrogen-bond donors (Lipinski definition) is 1. The lowest BCUT2D eigenvalue weighted by Crippen LogP contribution is -2.24. The molecule has 6 heteroatoms. The number of ether oxygens (including phenoxy) is 2. The zero-order valence-electron chi connectivity index (χ0n) is 14.5. The van der Waals surface area contributed by atoms with Crippen molar-refractivity contribution in [1.29, 1.82) is 0 Å². The highest BCUT2D eigenvalue weighted by atomic mass is 79.9. The van der Waals surface area contributed by atoms with Crippen LogP contribution in [0.5, 0.6) is 11.5 Å². The van der Waals surface area contributed by atoms with E-state index in [1.54, 1.807) is 6.21 Å². The van der Waals surface area contributed by atoms with Crippen molar-refractivity contribution in [3.63, 3.8) is 0 Å². The summed E-state index contributed by atoms with van der Waals surface area (Å²) in [5.41, 5.74) is 5.29. The van der Waals surface area contributed by atoms with E-state index >= 15 is 0 Å². The third kappa shape index (κ3) is 5.90. The van der Waals surface area contributed by atoms with E-state index in [-0.39, 0.29) is 12.5 Å². The van der Waals surface area contributed by atoms with Crippen LogP contribution in [0, 0.1) is 13.8 Å². The average Bonchev–Trinajstić information content (AvgIpc) is 2.58. The molecule has 0 heterocycles. The highest BCUT2D eigenvalue weighted by Crippen LogP contribution is 2.22. The van der Waals surface area contributed by atoms with Crippen molar-refractivity contribution < 1.29 is 14.3 Å². The van der Waals surface area contributed by atoms with Crippen molar-refractivity contribution in [1.82, 2.24) is 5.43 Å². The lowest BCUT2D eigenvalue weighted by molar-refractivity contribution is -0.123. The lowest BCUT2D eigenvalue weighted by Gasteiger charge is -2.09. The van der Waals surface area contributed by atoms with Crippen molar-refractivity contribution in [2.75, 3.05) is 13.2 Å². The second-order valence-electron chi connectivity index (χ2n) is 5.47. The molecule has 0 saturated carbocycles. The van der Waals surface area contributed by atoms with Crippen molar-refractivity contribution in [3.05, 3.63) is 57.6 Å². The first kappa shape index (κ1) is 19.0. The van der Waals surface area contributed by atoms with Gasteiger partial charge in [-0.05, 0) is 56.2 Å². The summed E-state index contributed by atoms with van der Waals surface area (Å²) in [7, 11) is 0. The molecule has 0 aliphatic rings. The molecule has 2 aromatic carbocycles. The molecule has 2 rings (SSSR count). The van der Waals surface area contributed by atoms with Crippen molar-refractivity contribution >= 4 is 28.1 Å². The van der Waals surface area contributed by atoms with E-state index < -0.39 is 0 Å². The molecule has 0 aromatic heterocycles. The van der Waals surface area contributed by atoms with E-state index in [2.05, 4.69) is 26.5 Å². The molecule has 25 heavy (non-hydrogen) atoms. The van der Waals surface area contributed by atoms with E-state index in [9.17, 15) is 4.79 Å². The number of hydrazone groups is 1. The Balaban J connectivity index is 1.92. The van der Waals surface area contributed by atoms with Crippen molar-refractivity contribution in [2.24, 2.45) is 5.10 Å². The van der Waals surface area contributed by atoms with Gasteiger partial charge in [0.25, 0.3) is 5.91 Å². The van der Waals surface area contributed by atoms with Crippen molar-refractivity contribution in [3.8, 4) is 11.5 Å². The normalized spacial score (nSPS) is 10.7. The number of carbonyl (C=O) groups excluding carboxylic acids is 1. The Labute approximate surface area is 156 Å². The molecule has 0 bridgehead atoms. The Hall–Kier alpha value is -2.34. The number of benzene rings is 2. The Morgan fingerprint density at radius 1 is 1.16 bits per heavy atom. The molecule has 0 unspecified atom stereocenters. The summed E-state index contributed by atoms with van der Waals surface area (Å²) in [5.74, 6) is 1.07. The predicted molar refractivity (Wildman–Crippen MR) is 102 cm³/mol. The molecular formula is C19H21BrN2O3. The van der Waals surface area contributed by atoms with Gasteiger partial charge in [0.15, 0.2) is 6.61 Å². The highest BCUT2D eigenvalue weighted by Gasteiger charge is 2.05. The van der Waals surface area contributed by atoms with E-state index in [4.69, 9.17) is 9.47 Å². The summed E-state index contributed by atoms with van der Waals surface area (Å²) in [4.78, 5) is 11.9. The van der Waals surface area contributed by atoms with Gasteiger partial charge >= 0.3 is 0 Å². The molecule has 1 amide bonds. The van der Waals surface area contributed by atoms with Gasteiger partial charge in [-0.3, -0.25) is 4.79 Å². The maximum atomic E-state index is 11.9. The largest absolute Gasteiger partial charge is 0.493 e. The SMILES string of the molecule is CCOc1ccc(Br)cc1C=NNC(=O)COc1cc(C)ccc1C. The summed E-state index contributed by atoms with van der Waals surface area (Å²) < 4.78 is 12.0. The van der Waals surface area contributed by atoms with Gasteiger partial charge in [0, 0.05) is 10.0 Å². The number of carbonyl (C=O) groups is 1. The van der Waals surface area contributed by atoms with Gasteiger partial charge in [0.1, 0.15) is 11.5 Å². The molecule has 0 fully saturated rings. The number of halogens is 1. The van der Waals surface area contributed by atoms with Crippen LogP contribution in [0.25, 0.3) is 0 Å². The Morgan fingerprint density at radius 2 is 1.96 bits per heavy atom. The summed E-state index contributed by atoms with van der Waals surface area (Å²) >= 11 is 3.41.